The summed E-state index contributed by atoms with van der Waals surface area (Å²) in [5, 5.41) is 9.19. The Balaban J connectivity index is 0.000000147. The first kappa shape index (κ1) is 64.5. The van der Waals surface area contributed by atoms with Crippen molar-refractivity contribution in [1.29, 1.82) is 0 Å². The van der Waals surface area contributed by atoms with Crippen molar-refractivity contribution in [1.82, 2.24) is 19.9 Å². The summed E-state index contributed by atoms with van der Waals surface area (Å²) in [6, 6.07) is 143. The summed E-state index contributed by atoms with van der Waals surface area (Å²) in [7, 11) is 0. The van der Waals surface area contributed by atoms with E-state index in [0.29, 0.717) is 0 Å². The molecule has 4 aromatic heterocycles. The average molecular weight is 1370 g/mol. The lowest BCUT2D eigenvalue weighted by Crippen LogP contribution is -1.94. The molecule has 0 bridgehead atoms. The van der Waals surface area contributed by atoms with Gasteiger partial charge in [0.25, 0.3) is 0 Å². The zero-order valence-electron chi connectivity index (χ0n) is 59.0. The van der Waals surface area contributed by atoms with E-state index in [1.807, 2.05) is 24.5 Å². The van der Waals surface area contributed by atoms with Crippen LogP contribution in [0.5, 0.6) is 0 Å². The smallest absolute Gasteiger partial charge is 0.0794 e. The molecule has 16 aromatic carbocycles. The second-order valence-electron chi connectivity index (χ2n) is 27.5. The number of hydrogen-bond acceptors (Lipinski definition) is 4. The molecule has 0 aliphatic rings. The van der Waals surface area contributed by atoms with Crippen molar-refractivity contribution < 1.29 is 0 Å². The number of fused-ring (bicyclic) bond motifs is 8. The lowest BCUT2D eigenvalue weighted by atomic mass is 9.90. The van der Waals surface area contributed by atoms with E-state index in [9.17, 15) is 0 Å². The third kappa shape index (κ3) is 12.5. The summed E-state index contributed by atoms with van der Waals surface area (Å²) in [6.07, 6.45) is 3.77. The molecule has 0 N–H and O–H groups in total. The van der Waals surface area contributed by atoms with Crippen LogP contribution in [0.25, 0.3) is 199 Å². The van der Waals surface area contributed by atoms with E-state index in [4.69, 9.17) is 15.0 Å². The van der Waals surface area contributed by atoms with Crippen LogP contribution < -0.4 is 0 Å². The van der Waals surface area contributed by atoms with Gasteiger partial charge in [0.2, 0.25) is 0 Å². The van der Waals surface area contributed by atoms with Crippen LogP contribution in [0, 0.1) is 0 Å². The maximum atomic E-state index is 5.44. The Bertz CT molecular complexity index is 6270. The molecule has 4 heteroatoms. The normalized spacial score (nSPS) is 11.3. The highest BCUT2D eigenvalue weighted by Crippen LogP contribution is 2.45. The second kappa shape index (κ2) is 28.4. The third-order valence-electron chi connectivity index (χ3n) is 21.1. The van der Waals surface area contributed by atoms with Crippen molar-refractivity contribution in [3.8, 4) is 134 Å². The van der Waals surface area contributed by atoms with Crippen molar-refractivity contribution in [3.63, 3.8) is 0 Å². The highest BCUT2D eigenvalue weighted by molar-refractivity contribution is 6.18. The Morgan fingerprint density at radius 2 is 0.454 bits per heavy atom. The highest BCUT2D eigenvalue weighted by atomic mass is 14.7. The van der Waals surface area contributed by atoms with Gasteiger partial charge in [-0.2, -0.15) is 0 Å². The van der Waals surface area contributed by atoms with Gasteiger partial charge in [0.15, 0.2) is 0 Å². The minimum absolute atomic E-state index is 0.954. The van der Waals surface area contributed by atoms with Gasteiger partial charge in [-0.3, -0.25) is 9.97 Å². The Morgan fingerprint density at radius 1 is 0.148 bits per heavy atom. The summed E-state index contributed by atoms with van der Waals surface area (Å²) < 4.78 is 0. The maximum absolute atomic E-state index is 5.44. The standard InChI is InChI=1S/2C52H34N2/c1-3-11-35(12-4-1)37-20-24-41(25-21-37)48-34-50(42-30-22-38(23-31-42)36-13-5-2-6-14-36)54-52-46-18-8-7-17-45(46)47(33-49(48)52)40-28-26-39(27-29-40)44-19-9-15-43-16-10-32-53-51(43)44;1-3-11-35(12-4-1)37-19-23-41(24-20-37)48-34-51(42-29-21-38(22-30-42)36-13-5-2-6-14-36)54-52-46-17-8-7-15-44(46)47(33-49(48)52)40-27-25-39(26-28-40)43-31-32-53-50-18-10-9-16-45(43)50/h2*1-34H. The first-order chi connectivity index (χ1) is 53.5. The predicted molar refractivity (Wildman–Crippen MR) is 454 cm³/mol. The molecule has 4 nitrogen and oxygen atoms in total. The van der Waals surface area contributed by atoms with E-state index in [1.54, 1.807) is 0 Å². The molecule has 0 amide bonds. The molecule has 504 valence electrons. The number of para-hydroxylation sites is 2. The Hall–Kier alpha value is -14.3. The molecule has 0 aliphatic carbocycles. The zero-order chi connectivity index (χ0) is 71.7. The van der Waals surface area contributed by atoms with Crippen LogP contribution in [0.1, 0.15) is 0 Å². The van der Waals surface area contributed by atoms with Crippen LogP contribution in [0.3, 0.4) is 0 Å². The Kier molecular flexibility index (Phi) is 17.0. The summed E-state index contributed by atoms with van der Waals surface area (Å²) in [4.78, 5) is 20.2. The van der Waals surface area contributed by atoms with E-state index < -0.39 is 0 Å². The van der Waals surface area contributed by atoms with Crippen LogP contribution in [0.15, 0.2) is 413 Å². The van der Waals surface area contributed by atoms with Crippen molar-refractivity contribution in [2.24, 2.45) is 0 Å². The Morgan fingerprint density at radius 3 is 0.861 bits per heavy atom. The van der Waals surface area contributed by atoms with Gasteiger partial charge in [-0.15, -0.1) is 0 Å². The molecule has 108 heavy (non-hydrogen) atoms. The number of nitrogens with zero attached hydrogens (tertiary/aromatic N) is 4. The third-order valence-corrected chi connectivity index (χ3v) is 21.1. The van der Waals surface area contributed by atoms with Crippen molar-refractivity contribution in [2.75, 3.05) is 0 Å². The summed E-state index contributed by atoms with van der Waals surface area (Å²) in [6.45, 7) is 0. The fourth-order valence-electron chi connectivity index (χ4n) is 15.6. The van der Waals surface area contributed by atoms with Crippen LogP contribution in [-0.4, -0.2) is 19.9 Å². The quantitative estimate of drug-likeness (QED) is 0.114. The van der Waals surface area contributed by atoms with Gasteiger partial charge in [0.05, 0.1) is 33.5 Å². The minimum atomic E-state index is 0.954. The monoisotopic (exact) mass is 1370 g/mol. The molecule has 20 aromatic rings. The van der Waals surface area contributed by atoms with E-state index in [2.05, 4.69) is 393 Å². The van der Waals surface area contributed by atoms with Gasteiger partial charge in [-0.1, -0.05) is 358 Å². The van der Waals surface area contributed by atoms with Gasteiger partial charge in [-0.25, -0.2) is 9.97 Å². The average Bonchev–Trinajstić information content (AvgIpc) is 0.744. The molecular formula is C104H68N4. The lowest BCUT2D eigenvalue weighted by molar-refractivity contribution is 1.41. The molecule has 0 saturated heterocycles. The SMILES string of the molecule is c1ccc(-c2ccc(-c3cc(-c4ccc(-c5ccccc5)cc4)c4cc(-c5ccc(-c6cccc7cccnc67)cc5)c5ccccc5c4n3)cc2)cc1.c1ccc(-c2ccc(-c3cc(-c4ccc(-c5ccccc5)cc4)c4cc(-c5ccc(-c6ccnc7ccccc67)cc5)c5ccccc5c4n3)cc2)cc1. The summed E-state index contributed by atoms with van der Waals surface area (Å²) >= 11 is 0. The van der Waals surface area contributed by atoms with Gasteiger partial charge in [-0.05, 0) is 159 Å². The Labute approximate surface area is 627 Å². The summed E-state index contributed by atoms with van der Waals surface area (Å²) in [5.74, 6) is 0. The fourth-order valence-corrected chi connectivity index (χ4v) is 15.6. The van der Waals surface area contributed by atoms with Gasteiger partial charge >= 0.3 is 0 Å². The topological polar surface area (TPSA) is 51.6 Å². The molecule has 4 heterocycles. The minimum Gasteiger partial charge on any atom is -0.256 e. The van der Waals surface area contributed by atoms with Crippen molar-refractivity contribution in [3.05, 3.63) is 413 Å². The molecular weight excluding hydrogens is 1310 g/mol. The van der Waals surface area contributed by atoms with Gasteiger partial charge < -0.3 is 0 Å². The van der Waals surface area contributed by atoms with Gasteiger partial charge in [0.1, 0.15) is 0 Å². The number of pyridine rings is 4. The van der Waals surface area contributed by atoms with Crippen molar-refractivity contribution in [2.45, 2.75) is 0 Å². The predicted octanol–water partition coefficient (Wildman–Crippen LogP) is 27.9. The van der Waals surface area contributed by atoms with Gasteiger partial charge in [0, 0.05) is 61.4 Å². The number of benzene rings is 16. The van der Waals surface area contributed by atoms with E-state index in [-0.39, 0.29) is 0 Å². The van der Waals surface area contributed by atoms with Crippen LogP contribution >= 0.6 is 0 Å². The number of rotatable bonds is 12. The first-order valence-electron chi connectivity index (χ1n) is 36.8. The fraction of sp³-hybridized carbons (Fsp3) is 0. The molecule has 20 rings (SSSR count). The van der Waals surface area contributed by atoms with Crippen molar-refractivity contribution >= 4 is 65.2 Å². The molecule has 0 aliphatic heterocycles. The number of hydrogen-bond donors (Lipinski definition) is 0. The van der Waals surface area contributed by atoms with E-state index in [1.165, 1.54) is 83.1 Å². The zero-order valence-corrected chi connectivity index (χ0v) is 59.0. The second-order valence-corrected chi connectivity index (χ2v) is 27.5. The molecule has 0 saturated carbocycles. The molecule has 0 spiro atoms. The maximum Gasteiger partial charge on any atom is 0.0794 e. The van der Waals surface area contributed by atoms with Crippen LogP contribution in [0.4, 0.5) is 0 Å². The van der Waals surface area contributed by atoms with Crippen LogP contribution in [-0.2, 0) is 0 Å². The molecule has 0 unspecified atom stereocenters. The van der Waals surface area contributed by atoms with E-state index >= 15 is 0 Å². The molecule has 0 radical (unpaired) electrons. The number of aromatic nitrogens is 4. The molecule has 0 fully saturated rings. The van der Waals surface area contributed by atoms with Crippen LogP contribution in [0.2, 0.25) is 0 Å². The molecule has 0 atom stereocenters. The van der Waals surface area contributed by atoms with E-state index in [0.717, 1.165) is 116 Å². The highest BCUT2D eigenvalue weighted by Gasteiger charge is 2.20. The first-order valence-corrected chi connectivity index (χ1v) is 36.8. The summed E-state index contributed by atoms with van der Waals surface area (Å²) in [5.41, 5.74) is 31.7. The largest absolute Gasteiger partial charge is 0.256 e. The lowest BCUT2D eigenvalue weighted by Gasteiger charge is -2.16.